The molecule has 1 aliphatic carbocycles. The van der Waals surface area contributed by atoms with Gasteiger partial charge in [-0.3, -0.25) is 4.98 Å². The molecule has 0 bridgehead atoms. The van der Waals surface area contributed by atoms with Gasteiger partial charge in [0.1, 0.15) is 23.4 Å². The van der Waals surface area contributed by atoms with Crippen LogP contribution in [0.15, 0.2) is 60.9 Å². The van der Waals surface area contributed by atoms with Gasteiger partial charge < -0.3 is 14.0 Å². The summed E-state index contributed by atoms with van der Waals surface area (Å²) >= 11 is 0. The first kappa shape index (κ1) is 23.9. The Labute approximate surface area is 196 Å². The average Bonchev–Trinajstić information content (AvgIpc) is 3.32. The van der Waals surface area contributed by atoms with E-state index in [2.05, 4.69) is 16.1 Å². The SMILES string of the molecule is C=C(C)C(=O)OC1CCC(Oc2ccc3cc(-c4cccnc4)n(CC)c3c2)C1(C)C(F)(F)F. The lowest BCUT2D eigenvalue weighted by molar-refractivity contribution is -0.262. The van der Waals surface area contributed by atoms with Gasteiger partial charge in [0.25, 0.3) is 0 Å². The maximum atomic E-state index is 14.3. The minimum Gasteiger partial charge on any atom is -0.489 e. The van der Waals surface area contributed by atoms with Crippen molar-refractivity contribution >= 4 is 16.9 Å². The lowest BCUT2D eigenvalue weighted by Gasteiger charge is -2.37. The molecule has 1 fully saturated rings. The van der Waals surface area contributed by atoms with Crippen LogP contribution >= 0.6 is 0 Å². The molecule has 0 amide bonds. The van der Waals surface area contributed by atoms with Crippen molar-refractivity contribution in [3.63, 3.8) is 0 Å². The van der Waals surface area contributed by atoms with Gasteiger partial charge in [-0.15, -0.1) is 0 Å². The van der Waals surface area contributed by atoms with Crippen molar-refractivity contribution in [2.75, 3.05) is 0 Å². The zero-order chi connectivity index (χ0) is 24.7. The highest BCUT2D eigenvalue weighted by Gasteiger charge is 2.66. The smallest absolute Gasteiger partial charge is 0.401 e. The molecule has 1 aliphatic rings. The first-order valence-electron chi connectivity index (χ1n) is 11.2. The van der Waals surface area contributed by atoms with Gasteiger partial charge in [-0.05, 0) is 63.9 Å². The number of hydrogen-bond donors (Lipinski definition) is 0. The molecule has 8 heteroatoms. The van der Waals surface area contributed by atoms with E-state index in [1.165, 1.54) is 6.92 Å². The summed E-state index contributed by atoms with van der Waals surface area (Å²) in [5.41, 5.74) is 0.488. The number of carbonyl (C=O) groups excluding carboxylic acids is 1. The van der Waals surface area contributed by atoms with E-state index < -0.39 is 29.8 Å². The molecule has 3 atom stereocenters. The van der Waals surface area contributed by atoms with Crippen molar-refractivity contribution in [1.82, 2.24) is 9.55 Å². The molecule has 1 saturated carbocycles. The van der Waals surface area contributed by atoms with Gasteiger partial charge in [0.15, 0.2) is 0 Å². The van der Waals surface area contributed by atoms with E-state index in [1.54, 1.807) is 24.5 Å². The van der Waals surface area contributed by atoms with Crippen molar-refractivity contribution in [2.45, 2.75) is 58.5 Å². The third-order valence-electron chi connectivity index (χ3n) is 6.66. The molecule has 0 N–H and O–H groups in total. The maximum Gasteiger partial charge on any atom is 0.401 e. The number of fused-ring (bicyclic) bond motifs is 1. The van der Waals surface area contributed by atoms with Crippen LogP contribution in [0.25, 0.3) is 22.2 Å². The Kier molecular flexibility index (Phi) is 6.18. The molecule has 5 nitrogen and oxygen atoms in total. The highest BCUT2D eigenvalue weighted by molar-refractivity contribution is 5.88. The molecule has 0 aliphatic heterocycles. The van der Waals surface area contributed by atoms with Crippen LogP contribution in [0.2, 0.25) is 0 Å². The number of benzene rings is 1. The van der Waals surface area contributed by atoms with Crippen LogP contribution in [0.3, 0.4) is 0 Å². The van der Waals surface area contributed by atoms with E-state index in [1.807, 2.05) is 31.2 Å². The largest absolute Gasteiger partial charge is 0.489 e. The molecule has 2 heterocycles. The number of alkyl halides is 3. The number of aromatic nitrogens is 2. The van der Waals surface area contributed by atoms with Crippen LogP contribution in [-0.4, -0.2) is 33.9 Å². The molecular formula is C26H27F3N2O3. The first-order valence-corrected chi connectivity index (χ1v) is 11.2. The molecule has 34 heavy (non-hydrogen) atoms. The monoisotopic (exact) mass is 472 g/mol. The molecular weight excluding hydrogens is 445 g/mol. The number of ether oxygens (including phenoxy) is 2. The Morgan fingerprint density at radius 3 is 2.59 bits per heavy atom. The fraction of sp³-hybridized carbons (Fsp3) is 0.385. The quantitative estimate of drug-likeness (QED) is 0.311. The van der Waals surface area contributed by atoms with E-state index in [-0.39, 0.29) is 18.4 Å². The number of hydrogen-bond acceptors (Lipinski definition) is 4. The van der Waals surface area contributed by atoms with E-state index >= 15 is 0 Å². The van der Waals surface area contributed by atoms with Crippen LogP contribution in [0.1, 0.15) is 33.6 Å². The number of rotatable bonds is 6. The van der Waals surface area contributed by atoms with Gasteiger partial charge in [-0.2, -0.15) is 13.2 Å². The fourth-order valence-electron chi connectivity index (χ4n) is 4.63. The Morgan fingerprint density at radius 1 is 1.24 bits per heavy atom. The molecule has 0 saturated heterocycles. The highest BCUT2D eigenvalue weighted by Crippen LogP contribution is 2.53. The van der Waals surface area contributed by atoms with Gasteiger partial charge in [-0.1, -0.05) is 6.58 Å². The lowest BCUT2D eigenvalue weighted by Crippen LogP contribution is -2.51. The van der Waals surface area contributed by atoms with Gasteiger partial charge in [-0.25, -0.2) is 4.79 Å². The van der Waals surface area contributed by atoms with E-state index in [4.69, 9.17) is 9.47 Å². The summed E-state index contributed by atoms with van der Waals surface area (Å²) in [6.45, 7) is 8.62. The predicted octanol–water partition coefficient (Wildman–Crippen LogP) is 6.32. The van der Waals surface area contributed by atoms with E-state index in [0.717, 1.165) is 29.1 Å². The normalized spacial score (nSPS) is 22.6. The number of nitrogens with zero attached hydrogens (tertiary/aromatic N) is 2. The van der Waals surface area contributed by atoms with E-state index in [9.17, 15) is 18.0 Å². The number of esters is 1. The standard InChI is InChI=1S/C26H27F3N2O3/c1-5-31-20(18-7-6-12-30-15-18)13-17-8-9-19(14-21(17)31)33-22-10-11-23(34-24(32)16(2)3)25(22,4)26(27,28)29/h6-9,12-15,22-23H,2,5,10-11H2,1,3-4H3. The predicted molar refractivity (Wildman–Crippen MR) is 123 cm³/mol. The summed E-state index contributed by atoms with van der Waals surface area (Å²) in [7, 11) is 0. The van der Waals surface area contributed by atoms with Crippen molar-refractivity contribution in [1.29, 1.82) is 0 Å². The summed E-state index contributed by atoms with van der Waals surface area (Å²) in [5.74, 6) is -0.489. The zero-order valence-electron chi connectivity index (χ0n) is 19.4. The summed E-state index contributed by atoms with van der Waals surface area (Å²) < 4.78 is 56.0. The third kappa shape index (κ3) is 4.06. The second-order valence-electron chi connectivity index (χ2n) is 8.87. The van der Waals surface area contributed by atoms with Gasteiger partial charge in [0, 0.05) is 41.5 Å². The van der Waals surface area contributed by atoms with Crippen molar-refractivity contribution < 1.29 is 27.4 Å². The first-order chi connectivity index (χ1) is 16.1. The highest BCUT2D eigenvalue weighted by atomic mass is 19.4. The average molecular weight is 473 g/mol. The zero-order valence-corrected chi connectivity index (χ0v) is 19.4. The van der Waals surface area contributed by atoms with Crippen molar-refractivity contribution in [3.8, 4) is 17.0 Å². The summed E-state index contributed by atoms with van der Waals surface area (Å²) in [6, 6.07) is 11.1. The second kappa shape index (κ2) is 8.81. The Morgan fingerprint density at radius 2 is 1.97 bits per heavy atom. The molecule has 2 aromatic heterocycles. The third-order valence-corrected chi connectivity index (χ3v) is 6.66. The van der Waals surface area contributed by atoms with Crippen LogP contribution in [-0.2, 0) is 16.1 Å². The number of pyridine rings is 1. The van der Waals surface area contributed by atoms with Crippen LogP contribution in [0.5, 0.6) is 5.75 Å². The van der Waals surface area contributed by atoms with Crippen LogP contribution in [0, 0.1) is 5.41 Å². The molecule has 1 aromatic carbocycles. The summed E-state index contributed by atoms with van der Waals surface area (Å²) in [4.78, 5) is 16.2. The van der Waals surface area contributed by atoms with E-state index in [0.29, 0.717) is 12.3 Å². The summed E-state index contributed by atoms with van der Waals surface area (Å²) in [6.07, 6.45) is -3.53. The Hall–Kier alpha value is -3.29. The van der Waals surface area contributed by atoms with Gasteiger partial charge >= 0.3 is 12.1 Å². The molecule has 180 valence electrons. The van der Waals surface area contributed by atoms with Crippen molar-refractivity contribution in [2.24, 2.45) is 5.41 Å². The van der Waals surface area contributed by atoms with Crippen LogP contribution in [0.4, 0.5) is 13.2 Å². The molecule has 0 spiro atoms. The number of carbonyl (C=O) groups is 1. The van der Waals surface area contributed by atoms with Crippen molar-refractivity contribution in [3.05, 3.63) is 60.9 Å². The van der Waals surface area contributed by atoms with Crippen LogP contribution < -0.4 is 4.74 Å². The summed E-state index contributed by atoms with van der Waals surface area (Å²) in [5, 5.41) is 0.950. The Bertz CT molecular complexity index is 1220. The minimum atomic E-state index is -4.63. The van der Waals surface area contributed by atoms with Gasteiger partial charge in [0.2, 0.25) is 0 Å². The topological polar surface area (TPSA) is 53.4 Å². The molecule has 3 unspecified atom stereocenters. The second-order valence-corrected chi connectivity index (χ2v) is 8.87. The van der Waals surface area contributed by atoms with Gasteiger partial charge in [0.05, 0.1) is 11.2 Å². The molecule has 4 rings (SSSR count). The number of halogens is 3. The fourth-order valence-corrected chi connectivity index (χ4v) is 4.63. The maximum absolute atomic E-state index is 14.3. The molecule has 0 radical (unpaired) electrons. The number of aryl methyl sites for hydroxylation is 1. The minimum absolute atomic E-state index is 0.0540. The Balaban J connectivity index is 1.67. The molecule has 3 aromatic rings. The lowest BCUT2D eigenvalue weighted by atomic mass is 9.83.